The molecule has 0 aliphatic carbocycles. The van der Waals surface area contributed by atoms with Crippen molar-refractivity contribution in [2.75, 3.05) is 13.7 Å². The van der Waals surface area contributed by atoms with Crippen LogP contribution in [0.5, 0.6) is 5.75 Å². The van der Waals surface area contributed by atoms with E-state index >= 15 is 0 Å². The largest absolute Gasteiger partial charge is 0.489 e. The molecule has 7 heteroatoms. The zero-order chi connectivity index (χ0) is 15.9. The Hall–Kier alpha value is -2.11. The van der Waals surface area contributed by atoms with Crippen molar-refractivity contribution in [3.63, 3.8) is 0 Å². The van der Waals surface area contributed by atoms with Gasteiger partial charge in [-0.25, -0.2) is 14.8 Å². The number of benzene rings is 1. The van der Waals surface area contributed by atoms with Crippen molar-refractivity contribution in [3.8, 4) is 5.75 Å². The van der Waals surface area contributed by atoms with Crippen LogP contribution in [0.4, 0.5) is 0 Å². The van der Waals surface area contributed by atoms with Crippen molar-refractivity contribution in [1.29, 1.82) is 0 Å². The Labute approximate surface area is 137 Å². The van der Waals surface area contributed by atoms with Crippen molar-refractivity contribution >= 4 is 34.2 Å². The summed E-state index contributed by atoms with van der Waals surface area (Å²) in [5.41, 5.74) is 1.05. The van der Waals surface area contributed by atoms with Crippen LogP contribution in [0.2, 0.25) is 5.28 Å². The number of esters is 1. The van der Waals surface area contributed by atoms with Gasteiger partial charge in [0.1, 0.15) is 12.4 Å². The number of rotatable bonds is 5. The first kappa shape index (κ1) is 16.3. The van der Waals surface area contributed by atoms with Gasteiger partial charge in [0.25, 0.3) is 0 Å². The number of carbonyl (C=O) groups excluding carboxylic acids is 1. The maximum Gasteiger partial charge on any atom is 0.337 e. The van der Waals surface area contributed by atoms with E-state index in [2.05, 4.69) is 14.7 Å². The second-order valence-electron chi connectivity index (χ2n) is 4.12. The standard InChI is InChI=1S/C15H12Cl2N2O3/c1-21-14(20)10-3-2-4-12(7-10)22-6-5-13(16)11-8-18-15(17)19-9-11/h2-5,7-9H,6H2,1H3/b13-5+. The number of aromatic nitrogens is 2. The van der Waals surface area contributed by atoms with Gasteiger partial charge in [-0.2, -0.15) is 0 Å². The lowest BCUT2D eigenvalue weighted by Crippen LogP contribution is -2.02. The fourth-order valence-electron chi connectivity index (χ4n) is 1.60. The van der Waals surface area contributed by atoms with Crippen molar-refractivity contribution in [2.24, 2.45) is 0 Å². The maximum atomic E-state index is 11.4. The first-order valence-corrected chi connectivity index (χ1v) is 7.00. The lowest BCUT2D eigenvalue weighted by molar-refractivity contribution is 0.0600. The fourth-order valence-corrected chi connectivity index (χ4v) is 1.85. The van der Waals surface area contributed by atoms with Crippen LogP contribution in [0, 0.1) is 0 Å². The Kier molecular flexibility index (Phi) is 5.75. The van der Waals surface area contributed by atoms with Crippen LogP contribution in [-0.4, -0.2) is 29.7 Å². The summed E-state index contributed by atoms with van der Waals surface area (Å²) in [7, 11) is 1.33. The first-order valence-electron chi connectivity index (χ1n) is 6.25. The molecule has 1 heterocycles. The molecule has 0 spiro atoms. The van der Waals surface area contributed by atoms with E-state index in [1.54, 1.807) is 30.3 Å². The first-order chi connectivity index (χ1) is 10.6. The summed E-state index contributed by atoms with van der Waals surface area (Å²) in [6.45, 7) is 0.228. The van der Waals surface area contributed by atoms with Gasteiger partial charge in [-0.15, -0.1) is 0 Å². The third-order valence-corrected chi connectivity index (χ3v) is 3.23. The van der Waals surface area contributed by atoms with Crippen LogP contribution < -0.4 is 4.74 Å². The SMILES string of the molecule is COC(=O)c1cccc(OC/C=C(/Cl)c2cnc(Cl)nc2)c1. The van der Waals surface area contributed by atoms with Gasteiger partial charge in [0.05, 0.1) is 17.7 Å². The Bertz CT molecular complexity index is 687. The smallest absolute Gasteiger partial charge is 0.337 e. The number of halogens is 2. The van der Waals surface area contributed by atoms with Crippen LogP contribution in [0.25, 0.3) is 5.03 Å². The number of hydrogen-bond donors (Lipinski definition) is 0. The summed E-state index contributed by atoms with van der Waals surface area (Å²) in [4.78, 5) is 19.1. The summed E-state index contributed by atoms with van der Waals surface area (Å²) in [6, 6.07) is 6.69. The van der Waals surface area contributed by atoms with Crippen molar-refractivity contribution in [2.45, 2.75) is 0 Å². The van der Waals surface area contributed by atoms with E-state index in [1.165, 1.54) is 19.5 Å². The third-order valence-electron chi connectivity index (χ3n) is 2.66. The van der Waals surface area contributed by atoms with Gasteiger partial charge >= 0.3 is 5.97 Å². The molecule has 2 aromatic rings. The number of nitrogens with zero attached hydrogens (tertiary/aromatic N) is 2. The monoisotopic (exact) mass is 338 g/mol. The summed E-state index contributed by atoms with van der Waals surface area (Å²) in [5.74, 6) is 0.119. The quantitative estimate of drug-likeness (QED) is 0.616. The molecule has 22 heavy (non-hydrogen) atoms. The summed E-state index contributed by atoms with van der Waals surface area (Å²) >= 11 is 11.7. The van der Waals surface area contributed by atoms with E-state index in [0.717, 1.165) is 0 Å². The van der Waals surface area contributed by atoms with E-state index in [9.17, 15) is 4.79 Å². The number of carbonyl (C=O) groups is 1. The van der Waals surface area contributed by atoms with Crippen LogP contribution in [-0.2, 0) is 4.74 Å². The predicted octanol–water partition coefficient (Wildman–Crippen LogP) is 3.58. The van der Waals surface area contributed by atoms with E-state index in [1.807, 2.05) is 0 Å². The van der Waals surface area contributed by atoms with Gasteiger partial charge in [-0.1, -0.05) is 17.7 Å². The highest BCUT2D eigenvalue weighted by Gasteiger charge is 2.06. The Balaban J connectivity index is 1.99. The van der Waals surface area contributed by atoms with E-state index < -0.39 is 5.97 Å². The zero-order valence-corrected chi connectivity index (χ0v) is 13.1. The van der Waals surface area contributed by atoms with Gasteiger partial charge in [-0.3, -0.25) is 0 Å². The normalized spacial score (nSPS) is 11.1. The lowest BCUT2D eigenvalue weighted by Gasteiger charge is -2.05. The minimum atomic E-state index is -0.419. The van der Waals surface area contributed by atoms with Crippen molar-refractivity contribution in [1.82, 2.24) is 9.97 Å². The lowest BCUT2D eigenvalue weighted by atomic mass is 10.2. The van der Waals surface area contributed by atoms with E-state index in [0.29, 0.717) is 21.9 Å². The topological polar surface area (TPSA) is 61.3 Å². The highest BCUT2D eigenvalue weighted by molar-refractivity contribution is 6.48. The van der Waals surface area contributed by atoms with Crippen LogP contribution >= 0.6 is 23.2 Å². The Morgan fingerprint density at radius 3 is 2.68 bits per heavy atom. The average molecular weight is 339 g/mol. The van der Waals surface area contributed by atoms with Crippen LogP contribution in [0.3, 0.4) is 0 Å². The van der Waals surface area contributed by atoms with Crippen molar-refractivity contribution in [3.05, 3.63) is 59.1 Å². The third kappa shape index (κ3) is 4.44. The summed E-state index contributed by atoms with van der Waals surface area (Å²) in [5, 5.41) is 0.602. The molecule has 0 atom stereocenters. The number of ether oxygens (including phenoxy) is 2. The molecule has 2 rings (SSSR count). The molecule has 5 nitrogen and oxygen atoms in total. The number of methoxy groups -OCH3 is 1. The van der Waals surface area contributed by atoms with Gasteiger partial charge in [0, 0.05) is 18.0 Å². The van der Waals surface area contributed by atoms with Crippen LogP contribution in [0.15, 0.2) is 42.7 Å². The van der Waals surface area contributed by atoms with Crippen LogP contribution in [0.1, 0.15) is 15.9 Å². The summed E-state index contributed by atoms with van der Waals surface area (Å²) < 4.78 is 10.2. The zero-order valence-electron chi connectivity index (χ0n) is 11.6. The Morgan fingerprint density at radius 1 is 1.27 bits per heavy atom. The second-order valence-corrected chi connectivity index (χ2v) is 4.87. The molecule has 0 fully saturated rings. The molecule has 114 valence electrons. The molecule has 1 aromatic heterocycles. The number of hydrogen-bond acceptors (Lipinski definition) is 5. The minimum absolute atomic E-state index is 0.157. The molecule has 0 saturated heterocycles. The van der Waals surface area contributed by atoms with Crippen molar-refractivity contribution < 1.29 is 14.3 Å². The highest BCUT2D eigenvalue weighted by atomic mass is 35.5. The molecule has 0 bridgehead atoms. The molecule has 0 saturated carbocycles. The molecule has 0 radical (unpaired) electrons. The van der Waals surface area contributed by atoms with E-state index in [4.69, 9.17) is 27.9 Å². The average Bonchev–Trinajstić information content (AvgIpc) is 2.55. The molecule has 0 amide bonds. The highest BCUT2D eigenvalue weighted by Crippen LogP contribution is 2.19. The van der Waals surface area contributed by atoms with Gasteiger partial charge < -0.3 is 9.47 Å². The molecule has 0 aliphatic heterocycles. The summed E-state index contributed by atoms with van der Waals surface area (Å²) in [6.07, 6.45) is 4.71. The Morgan fingerprint density at radius 2 is 2.00 bits per heavy atom. The van der Waals surface area contributed by atoms with E-state index in [-0.39, 0.29) is 11.9 Å². The predicted molar refractivity (Wildman–Crippen MR) is 84.1 cm³/mol. The fraction of sp³-hybridized carbons (Fsp3) is 0.133. The molecular weight excluding hydrogens is 327 g/mol. The molecule has 0 unspecified atom stereocenters. The molecule has 1 aromatic carbocycles. The van der Waals surface area contributed by atoms with Gasteiger partial charge in [-0.05, 0) is 35.9 Å². The second kappa shape index (κ2) is 7.77. The molecule has 0 aliphatic rings. The molecular formula is C15H12Cl2N2O3. The van der Waals surface area contributed by atoms with Gasteiger partial charge in [0.15, 0.2) is 0 Å². The van der Waals surface area contributed by atoms with Gasteiger partial charge in [0.2, 0.25) is 5.28 Å². The molecule has 0 N–H and O–H groups in total. The minimum Gasteiger partial charge on any atom is -0.489 e. The maximum absolute atomic E-state index is 11.4.